The lowest BCUT2D eigenvalue weighted by atomic mass is 10.1. The summed E-state index contributed by atoms with van der Waals surface area (Å²) in [5.41, 5.74) is 1.22. The summed E-state index contributed by atoms with van der Waals surface area (Å²) in [7, 11) is 0. The second-order valence-corrected chi connectivity index (χ2v) is 9.12. The highest BCUT2D eigenvalue weighted by Crippen LogP contribution is 2.33. The van der Waals surface area contributed by atoms with Gasteiger partial charge in [0.1, 0.15) is 11.6 Å². The SMILES string of the molecule is C=C(O/N=C(\C)c1ccc(C(=O)NC(C)C(O)CO)c(F)c1)C(CC)Oc1ccc(C(=O)C2CC2)cc1. The number of hydrogen-bond donors (Lipinski definition) is 3. The molecule has 0 radical (unpaired) electrons. The number of carbonyl (C=O) groups is 2. The van der Waals surface area contributed by atoms with Gasteiger partial charge in [-0.3, -0.25) is 9.59 Å². The third-order valence-electron chi connectivity index (χ3n) is 6.15. The Kier molecular flexibility index (Phi) is 9.54. The van der Waals surface area contributed by atoms with Crippen LogP contribution in [0.5, 0.6) is 5.75 Å². The number of ketones is 1. The van der Waals surface area contributed by atoms with Gasteiger partial charge in [0.2, 0.25) is 0 Å². The van der Waals surface area contributed by atoms with Crippen LogP contribution in [0.2, 0.25) is 0 Å². The Hall–Kier alpha value is -3.56. The molecule has 1 saturated carbocycles. The predicted molar refractivity (Wildman–Crippen MR) is 137 cm³/mol. The van der Waals surface area contributed by atoms with Gasteiger partial charge in [0.25, 0.3) is 5.91 Å². The first kappa shape index (κ1) is 28.0. The van der Waals surface area contributed by atoms with Gasteiger partial charge in [0, 0.05) is 17.0 Å². The number of halogens is 1. The third kappa shape index (κ3) is 7.47. The van der Waals surface area contributed by atoms with Crippen molar-refractivity contribution >= 4 is 17.4 Å². The molecule has 37 heavy (non-hydrogen) atoms. The minimum Gasteiger partial charge on any atom is -0.482 e. The lowest BCUT2D eigenvalue weighted by molar-refractivity contribution is 0.0609. The Morgan fingerprint density at radius 3 is 2.41 bits per heavy atom. The summed E-state index contributed by atoms with van der Waals surface area (Å²) in [6.45, 7) is 8.40. The molecule has 2 aromatic rings. The highest BCUT2D eigenvalue weighted by Gasteiger charge is 2.30. The van der Waals surface area contributed by atoms with Crippen molar-refractivity contribution in [1.29, 1.82) is 0 Å². The van der Waals surface area contributed by atoms with Gasteiger partial charge in [0.05, 0.1) is 30.0 Å². The van der Waals surface area contributed by atoms with Crippen molar-refractivity contribution in [3.63, 3.8) is 0 Å². The Labute approximate surface area is 215 Å². The first-order valence-electron chi connectivity index (χ1n) is 12.3. The average Bonchev–Trinajstić information content (AvgIpc) is 3.75. The third-order valence-corrected chi connectivity index (χ3v) is 6.15. The smallest absolute Gasteiger partial charge is 0.254 e. The summed E-state index contributed by atoms with van der Waals surface area (Å²) in [5.74, 6) is -0.338. The predicted octanol–water partition coefficient (Wildman–Crippen LogP) is 4.00. The maximum absolute atomic E-state index is 14.6. The zero-order valence-electron chi connectivity index (χ0n) is 21.2. The van der Waals surface area contributed by atoms with Crippen LogP contribution < -0.4 is 10.1 Å². The van der Waals surface area contributed by atoms with E-state index in [-0.39, 0.29) is 23.0 Å². The fourth-order valence-corrected chi connectivity index (χ4v) is 3.52. The Morgan fingerprint density at radius 1 is 1.19 bits per heavy atom. The van der Waals surface area contributed by atoms with Gasteiger partial charge in [-0.2, -0.15) is 0 Å². The number of aliphatic hydroxyl groups excluding tert-OH is 2. The molecule has 9 heteroatoms. The Morgan fingerprint density at radius 2 is 1.84 bits per heavy atom. The van der Waals surface area contributed by atoms with Crippen LogP contribution in [0.4, 0.5) is 4.39 Å². The highest BCUT2D eigenvalue weighted by atomic mass is 19.1. The normalized spacial score (nSPS) is 15.9. The molecule has 3 atom stereocenters. The molecular weight excluding hydrogens is 479 g/mol. The number of carbonyl (C=O) groups excluding carboxylic acids is 2. The van der Waals surface area contributed by atoms with Gasteiger partial charge in [-0.15, -0.1) is 0 Å². The quantitative estimate of drug-likeness (QED) is 0.162. The van der Waals surface area contributed by atoms with E-state index in [4.69, 9.17) is 14.7 Å². The fourth-order valence-electron chi connectivity index (χ4n) is 3.52. The van der Waals surface area contributed by atoms with Gasteiger partial charge in [0.15, 0.2) is 17.6 Å². The maximum Gasteiger partial charge on any atom is 0.254 e. The van der Waals surface area contributed by atoms with E-state index in [0.717, 1.165) is 18.9 Å². The van der Waals surface area contributed by atoms with Crippen LogP contribution >= 0.6 is 0 Å². The highest BCUT2D eigenvalue weighted by molar-refractivity contribution is 6.00. The molecule has 0 spiro atoms. The van der Waals surface area contributed by atoms with Crippen LogP contribution in [0, 0.1) is 11.7 Å². The van der Waals surface area contributed by atoms with Crippen LogP contribution in [-0.2, 0) is 4.84 Å². The first-order chi connectivity index (χ1) is 17.6. The van der Waals surface area contributed by atoms with Crippen molar-refractivity contribution in [2.24, 2.45) is 11.1 Å². The van der Waals surface area contributed by atoms with E-state index >= 15 is 0 Å². The number of ether oxygens (including phenoxy) is 1. The van der Waals surface area contributed by atoms with Crippen molar-refractivity contribution < 1.29 is 33.8 Å². The van der Waals surface area contributed by atoms with Crippen molar-refractivity contribution in [3.05, 3.63) is 77.3 Å². The number of nitrogens with one attached hydrogen (secondary N) is 1. The number of Topliss-reactive ketones (excluding diaryl/α,β-unsaturated/α-hetero) is 1. The molecule has 0 heterocycles. The second-order valence-electron chi connectivity index (χ2n) is 9.12. The number of benzene rings is 2. The Bertz CT molecular complexity index is 1160. The summed E-state index contributed by atoms with van der Waals surface area (Å²) in [6.07, 6.45) is 0.804. The van der Waals surface area contributed by atoms with Crippen LogP contribution in [0.3, 0.4) is 0 Å². The minimum absolute atomic E-state index is 0.154. The van der Waals surface area contributed by atoms with Crippen LogP contribution in [0.25, 0.3) is 0 Å². The molecule has 3 unspecified atom stereocenters. The van der Waals surface area contributed by atoms with Crippen LogP contribution in [0.1, 0.15) is 66.3 Å². The number of amides is 1. The number of rotatable bonds is 13. The zero-order chi connectivity index (χ0) is 27.1. The molecular formula is C28H33FN2O6. The summed E-state index contributed by atoms with van der Waals surface area (Å²) >= 11 is 0. The number of aliphatic hydroxyl groups is 2. The zero-order valence-corrected chi connectivity index (χ0v) is 21.2. The topological polar surface area (TPSA) is 117 Å². The molecule has 1 fully saturated rings. The van der Waals surface area contributed by atoms with Gasteiger partial charge >= 0.3 is 0 Å². The van der Waals surface area contributed by atoms with Gasteiger partial charge in [-0.1, -0.05) is 24.7 Å². The van der Waals surface area contributed by atoms with E-state index in [1.54, 1.807) is 31.2 Å². The standard InChI is InChI=1S/C28H33FN2O6/c1-5-26(36-22-11-8-20(9-12-22)27(34)19-6-7-19)18(4)37-31-16(2)21-10-13-23(24(29)14-21)28(35)30-17(3)25(33)15-32/h8-14,17,19,25-26,32-33H,4-7,15H2,1-3H3,(H,30,35)/b31-16+. The second kappa shape index (κ2) is 12.6. The van der Waals surface area contributed by atoms with Crippen molar-refractivity contribution in [3.8, 4) is 5.75 Å². The summed E-state index contributed by atoms with van der Waals surface area (Å²) in [4.78, 5) is 29.9. The molecule has 0 aromatic heterocycles. The van der Waals surface area contributed by atoms with Gasteiger partial charge in [-0.25, -0.2) is 4.39 Å². The van der Waals surface area contributed by atoms with E-state index in [2.05, 4.69) is 17.1 Å². The molecule has 0 saturated heterocycles. The molecule has 0 aliphatic heterocycles. The number of hydrogen-bond acceptors (Lipinski definition) is 7. The molecule has 8 nitrogen and oxygen atoms in total. The average molecular weight is 513 g/mol. The molecule has 2 aromatic carbocycles. The van der Waals surface area contributed by atoms with E-state index in [1.165, 1.54) is 19.1 Å². The summed E-state index contributed by atoms with van der Waals surface area (Å²) < 4.78 is 20.6. The van der Waals surface area contributed by atoms with Gasteiger partial charge in [-0.05, 0) is 69.5 Å². The van der Waals surface area contributed by atoms with Crippen LogP contribution in [0.15, 0.2) is 60.0 Å². The first-order valence-corrected chi connectivity index (χ1v) is 12.3. The molecule has 3 N–H and O–H groups in total. The number of oxime groups is 1. The van der Waals surface area contributed by atoms with E-state index in [0.29, 0.717) is 29.0 Å². The van der Waals surface area contributed by atoms with E-state index in [1.807, 2.05) is 6.92 Å². The van der Waals surface area contributed by atoms with Crippen molar-refractivity contribution in [1.82, 2.24) is 5.32 Å². The summed E-state index contributed by atoms with van der Waals surface area (Å²) in [6, 6.07) is 10.2. The van der Waals surface area contributed by atoms with Crippen molar-refractivity contribution in [2.75, 3.05) is 6.61 Å². The van der Waals surface area contributed by atoms with E-state index in [9.17, 15) is 19.1 Å². The lowest BCUT2D eigenvalue weighted by Gasteiger charge is -2.19. The Balaban J connectivity index is 1.59. The van der Waals surface area contributed by atoms with Crippen LogP contribution in [-0.4, -0.2) is 52.5 Å². The minimum atomic E-state index is -1.15. The molecule has 198 valence electrons. The molecule has 1 amide bonds. The fraction of sp³-hybridized carbons (Fsp3) is 0.393. The lowest BCUT2D eigenvalue weighted by Crippen LogP contribution is -2.43. The number of nitrogens with zero attached hydrogens (tertiary/aromatic N) is 1. The van der Waals surface area contributed by atoms with Crippen molar-refractivity contribution in [2.45, 2.75) is 58.3 Å². The molecule has 1 aliphatic rings. The maximum atomic E-state index is 14.6. The largest absolute Gasteiger partial charge is 0.482 e. The molecule has 0 bridgehead atoms. The molecule has 1 aliphatic carbocycles. The monoisotopic (exact) mass is 512 g/mol. The molecule has 3 rings (SSSR count). The van der Waals surface area contributed by atoms with E-state index < -0.39 is 36.6 Å². The summed E-state index contributed by atoms with van der Waals surface area (Å²) in [5, 5.41) is 25.0. The van der Waals surface area contributed by atoms with Gasteiger partial charge < -0.3 is 25.1 Å².